The highest BCUT2D eigenvalue weighted by Gasteiger charge is 2.25. The first-order chi connectivity index (χ1) is 13.7. The molecule has 2 heterocycles. The van der Waals surface area contributed by atoms with Crippen LogP contribution in [0.5, 0.6) is 23.0 Å². The molecule has 0 saturated carbocycles. The van der Waals surface area contributed by atoms with Crippen LogP contribution in [0.2, 0.25) is 0 Å². The first kappa shape index (κ1) is 19.7. The summed E-state index contributed by atoms with van der Waals surface area (Å²) < 4.78 is 22.0. The molecule has 3 aromatic rings. The molecular formula is C23H24ClNO4. The molecule has 152 valence electrons. The quantitative estimate of drug-likeness (QED) is 0.685. The van der Waals surface area contributed by atoms with Crippen LogP contribution in [0.25, 0.3) is 10.8 Å². The topological polar surface area (TPSA) is 49.0 Å². The van der Waals surface area contributed by atoms with E-state index in [9.17, 15) is 0 Å². The van der Waals surface area contributed by atoms with Crippen molar-refractivity contribution < 1.29 is 18.9 Å². The summed E-state index contributed by atoms with van der Waals surface area (Å²) in [6, 6.07) is 15.2. The average molecular weight is 414 g/mol. The van der Waals surface area contributed by atoms with Gasteiger partial charge in [-0.2, -0.15) is 0 Å². The van der Waals surface area contributed by atoms with E-state index in [0.29, 0.717) is 6.79 Å². The Labute approximate surface area is 176 Å². The summed E-state index contributed by atoms with van der Waals surface area (Å²) in [6.07, 6.45) is 1.92. The normalized spacial score (nSPS) is 16.8. The summed E-state index contributed by atoms with van der Waals surface area (Å²) in [5, 5.41) is 5.95. The molecule has 0 amide bonds. The smallest absolute Gasteiger partial charge is 0.231 e. The minimum Gasteiger partial charge on any atom is -0.493 e. The van der Waals surface area contributed by atoms with E-state index >= 15 is 0 Å². The van der Waals surface area contributed by atoms with Crippen LogP contribution in [0.1, 0.15) is 22.7 Å². The molecule has 1 N–H and O–H groups in total. The molecule has 1 atom stereocenters. The molecule has 5 rings (SSSR count). The van der Waals surface area contributed by atoms with E-state index in [1.54, 1.807) is 14.2 Å². The number of halogens is 1. The van der Waals surface area contributed by atoms with Gasteiger partial charge in [-0.25, -0.2) is 0 Å². The van der Waals surface area contributed by atoms with Crippen molar-refractivity contribution in [1.29, 1.82) is 0 Å². The Bertz CT molecular complexity index is 1050. The molecular weight excluding hydrogens is 390 g/mol. The Balaban J connectivity index is 0.00000205. The summed E-state index contributed by atoms with van der Waals surface area (Å²) in [4.78, 5) is 0. The SMILES string of the molecule is COc1cc2ccc(CC3NCCc4cc5c(cc43)OCO5)cc2cc1OC.Cl. The maximum absolute atomic E-state index is 5.59. The third kappa shape index (κ3) is 3.56. The maximum atomic E-state index is 5.59. The second-order valence-corrected chi connectivity index (χ2v) is 7.25. The number of ether oxygens (including phenoxy) is 4. The van der Waals surface area contributed by atoms with Crippen molar-refractivity contribution in [1.82, 2.24) is 5.32 Å². The van der Waals surface area contributed by atoms with E-state index in [1.165, 1.54) is 16.7 Å². The molecule has 6 heteroatoms. The van der Waals surface area contributed by atoms with Gasteiger partial charge in [0.1, 0.15) is 0 Å². The molecule has 2 aliphatic heterocycles. The predicted molar refractivity (Wildman–Crippen MR) is 115 cm³/mol. The molecule has 0 bridgehead atoms. The Morgan fingerprint density at radius 3 is 2.41 bits per heavy atom. The van der Waals surface area contributed by atoms with Gasteiger partial charge in [0.15, 0.2) is 23.0 Å². The summed E-state index contributed by atoms with van der Waals surface area (Å²) in [6.45, 7) is 1.28. The average Bonchev–Trinajstić information content (AvgIpc) is 3.19. The van der Waals surface area contributed by atoms with Crippen LogP contribution in [-0.4, -0.2) is 27.6 Å². The second-order valence-electron chi connectivity index (χ2n) is 7.25. The van der Waals surface area contributed by atoms with Crippen LogP contribution < -0.4 is 24.3 Å². The summed E-state index contributed by atoms with van der Waals surface area (Å²) in [5.74, 6) is 3.22. The first-order valence-corrected chi connectivity index (χ1v) is 9.55. The number of benzene rings is 3. The van der Waals surface area contributed by atoms with Crippen LogP contribution >= 0.6 is 12.4 Å². The highest BCUT2D eigenvalue weighted by atomic mass is 35.5. The van der Waals surface area contributed by atoms with Crippen LogP contribution in [-0.2, 0) is 12.8 Å². The lowest BCUT2D eigenvalue weighted by Crippen LogP contribution is -2.31. The molecule has 0 aliphatic carbocycles. The van der Waals surface area contributed by atoms with Crippen LogP contribution in [0.15, 0.2) is 42.5 Å². The van der Waals surface area contributed by atoms with E-state index in [-0.39, 0.29) is 18.4 Å². The van der Waals surface area contributed by atoms with Gasteiger partial charge in [-0.1, -0.05) is 18.2 Å². The van der Waals surface area contributed by atoms with Crippen molar-refractivity contribution in [2.75, 3.05) is 27.6 Å². The van der Waals surface area contributed by atoms with Crippen molar-refractivity contribution in [2.24, 2.45) is 0 Å². The molecule has 2 aliphatic rings. The second kappa shape index (κ2) is 8.01. The van der Waals surface area contributed by atoms with E-state index in [2.05, 4.69) is 35.6 Å². The number of hydrogen-bond donors (Lipinski definition) is 1. The van der Waals surface area contributed by atoms with Gasteiger partial charge in [0.05, 0.1) is 14.2 Å². The molecule has 0 radical (unpaired) electrons. The first-order valence-electron chi connectivity index (χ1n) is 9.55. The lowest BCUT2D eigenvalue weighted by atomic mass is 9.89. The van der Waals surface area contributed by atoms with Gasteiger partial charge in [0, 0.05) is 6.04 Å². The fourth-order valence-electron chi connectivity index (χ4n) is 4.20. The standard InChI is InChI=1S/C23H23NO4.ClH/c1-25-20-9-15-4-3-14(7-17(15)11-21(20)26-2)8-19-18-12-23-22(27-13-28-23)10-16(18)5-6-24-19;/h3-4,7,9-12,19,24H,5-6,8,13H2,1-2H3;1H. The van der Waals surface area contributed by atoms with Gasteiger partial charge in [-0.15, -0.1) is 12.4 Å². The van der Waals surface area contributed by atoms with Gasteiger partial charge in [0.2, 0.25) is 6.79 Å². The lowest BCUT2D eigenvalue weighted by Gasteiger charge is -2.27. The zero-order valence-electron chi connectivity index (χ0n) is 16.5. The van der Waals surface area contributed by atoms with Crippen molar-refractivity contribution in [2.45, 2.75) is 18.9 Å². The molecule has 0 saturated heterocycles. The zero-order valence-corrected chi connectivity index (χ0v) is 17.3. The predicted octanol–water partition coefficient (Wildman–Crippen LogP) is 4.44. The molecule has 29 heavy (non-hydrogen) atoms. The van der Waals surface area contributed by atoms with E-state index < -0.39 is 0 Å². The van der Waals surface area contributed by atoms with Gasteiger partial charge in [0.25, 0.3) is 0 Å². The third-order valence-corrected chi connectivity index (χ3v) is 5.64. The minimum atomic E-state index is 0. The molecule has 0 aromatic heterocycles. The summed E-state index contributed by atoms with van der Waals surface area (Å²) >= 11 is 0. The fourth-order valence-corrected chi connectivity index (χ4v) is 4.20. The van der Waals surface area contributed by atoms with Gasteiger partial charge in [-0.3, -0.25) is 0 Å². The number of methoxy groups -OCH3 is 2. The van der Waals surface area contributed by atoms with E-state index in [4.69, 9.17) is 18.9 Å². The van der Waals surface area contributed by atoms with Crippen LogP contribution in [0, 0.1) is 0 Å². The van der Waals surface area contributed by atoms with Crippen LogP contribution in [0.3, 0.4) is 0 Å². The molecule has 0 fully saturated rings. The van der Waals surface area contributed by atoms with Crippen molar-refractivity contribution >= 4 is 23.2 Å². The largest absolute Gasteiger partial charge is 0.493 e. The molecule has 5 nitrogen and oxygen atoms in total. The molecule has 1 unspecified atom stereocenters. The number of hydrogen-bond acceptors (Lipinski definition) is 5. The Kier molecular flexibility index (Phi) is 5.43. The minimum absolute atomic E-state index is 0. The van der Waals surface area contributed by atoms with Crippen molar-refractivity contribution in [3.05, 3.63) is 59.2 Å². The third-order valence-electron chi connectivity index (χ3n) is 5.64. The fraction of sp³-hybridized carbons (Fsp3) is 0.304. The monoisotopic (exact) mass is 413 g/mol. The highest BCUT2D eigenvalue weighted by Crippen LogP contribution is 2.39. The number of nitrogens with one attached hydrogen (secondary N) is 1. The highest BCUT2D eigenvalue weighted by molar-refractivity contribution is 5.86. The van der Waals surface area contributed by atoms with Gasteiger partial charge in [-0.05, 0) is 71.1 Å². The zero-order chi connectivity index (χ0) is 19.1. The maximum Gasteiger partial charge on any atom is 0.231 e. The van der Waals surface area contributed by atoms with E-state index in [1.807, 2.05) is 12.1 Å². The number of rotatable bonds is 4. The van der Waals surface area contributed by atoms with E-state index in [0.717, 1.165) is 53.2 Å². The van der Waals surface area contributed by atoms with Gasteiger partial charge >= 0.3 is 0 Å². The van der Waals surface area contributed by atoms with Crippen LogP contribution in [0.4, 0.5) is 0 Å². The molecule has 3 aromatic carbocycles. The molecule has 0 spiro atoms. The van der Waals surface area contributed by atoms with Crippen molar-refractivity contribution in [3.8, 4) is 23.0 Å². The lowest BCUT2D eigenvalue weighted by molar-refractivity contribution is 0.174. The Morgan fingerprint density at radius 1 is 0.931 bits per heavy atom. The Hall–Kier alpha value is -2.63. The summed E-state index contributed by atoms with van der Waals surface area (Å²) in [7, 11) is 3.33. The van der Waals surface area contributed by atoms with Crippen molar-refractivity contribution in [3.63, 3.8) is 0 Å². The Morgan fingerprint density at radius 2 is 1.66 bits per heavy atom. The number of fused-ring (bicyclic) bond motifs is 3. The summed E-state index contributed by atoms with van der Waals surface area (Å²) in [5.41, 5.74) is 3.94. The van der Waals surface area contributed by atoms with Gasteiger partial charge < -0.3 is 24.3 Å².